The first-order valence-corrected chi connectivity index (χ1v) is 9.67. The average Bonchev–Trinajstić information content (AvgIpc) is 2.88. The maximum atomic E-state index is 12.3. The number of aliphatic hydroxyl groups excluding tert-OH is 1. The quantitative estimate of drug-likeness (QED) is 0.881. The third kappa shape index (κ3) is 5.19. The molecular weight excluding hydrogens is 314 g/mol. The third-order valence-electron chi connectivity index (χ3n) is 5.49. The van der Waals surface area contributed by atoms with Crippen LogP contribution in [0, 0.1) is 5.92 Å². The molecular formula is C20H31N3O2. The molecule has 2 fully saturated rings. The Hall–Kier alpha value is -1.59. The van der Waals surface area contributed by atoms with Gasteiger partial charge in [0.2, 0.25) is 5.91 Å². The highest BCUT2D eigenvalue weighted by Crippen LogP contribution is 2.22. The summed E-state index contributed by atoms with van der Waals surface area (Å²) in [5.74, 6) is 0.315. The van der Waals surface area contributed by atoms with Crippen molar-refractivity contribution in [1.82, 2.24) is 4.90 Å². The molecule has 25 heavy (non-hydrogen) atoms. The molecule has 0 spiro atoms. The zero-order valence-corrected chi connectivity index (χ0v) is 15.3. The van der Waals surface area contributed by atoms with Crippen LogP contribution in [0.4, 0.5) is 11.4 Å². The van der Waals surface area contributed by atoms with E-state index >= 15 is 0 Å². The van der Waals surface area contributed by atoms with Gasteiger partial charge in [0.1, 0.15) is 0 Å². The molecule has 0 aliphatic carbocycles. The van der Waals surface area contributed by atoms with Gasteiger partial charge in [-0.2, -0.15) is 0 Å². The molecule has 2 atom stereocenters. The van der Waals surface area contributed by atoms with Gasteiger partial charge < -0.3 is 15.3 Å². The van der Waals surface area contributed by atoms with E-state index in [0.717, 1.165) is 31.7 Å². The zero-order valence-electron chi connectivity index (χ0n) is 15.3. The number of benzene rings is 1. The Kier molecular flexibility index (Phi) is 6.32. The minimum atomic E-state index is -0.325. The number of β-amino-alcohol motifs (C(OH)–C–C–N with tert-alkyl or cyclic N) is 1. The third-order valence-corrected chi connectivity index (χ3v) is 5.49. The summed E-state index contributed by atoms with van der Waals surface area (Å²) < 4.78 is 0. The summed E-state index contributed by atoms with van der Waals surface area (Å²) in [6.07, 6.45) is 5.80. The second-order valence-corrected chi connectivity index (χ2v) is 7.56. The lowest BCUT2D eigenvalue weighted by atomic mass is 9.96. The smallest absolute Gasteiger partial charge is 0.238 e. The number of hydrogen-bond donors (Lipinski definition) is 2. The SMILES string of the molecule is CC1CCN(CC(=O)Nc2ccc(N3CCCCCC3)cc2)CC1O. The van der Waals surface area contributed by atoms with Crippen LogP contribution in [0.2, 0.25) is 0 Å². The molecule has 0 bridgehead atoms. The number of nitrogens with one attached hydrogen (secondary N) is 1. The summed E-state index contributed by atoms with van der Waals surface area (Å²) in [6.45, 7) is 6.12. The Bertz CT molecular complexity index is 553. The van der Waals surface area contributed by atoms with Crippen LogP contribution in [-0.4, -0.2) is 54.7 Å². The average molecular weight is 345 g/mol. The highest BCUT2D eigenvalue weighted by Gasteiger charge is 2.25. The van der Waals surface area contributed by atoms with Crippen molar-refractivity contribution in [3.05, 3.63) is 24.3 Å². The number of likely N-dealkylation sites (tertiary alicyclic amines) is 1. The number of nitrogens with zero attached hydrogens (tertiary/aromatic N) is 2. The van der Waals surface area contributed by atoms with Crippen LogP contribution in [0.5, 0.6) is 0 Å². The Labute approximate surface area is 151 Å². The summed E-state index contributed by atoms with van der Waals surface area (Å²) in [5, 5.41) is 12.9. The largest absolute Gasteiger partial charge is 0.392 e. The van der Waals surface area contributed by atoms with Crippen molar-refractivity contribution in [1.29, 1.82) is 0 Å². The summed E-state index contributed by atoms with van der Waals surface area (Å²) >= 11 is 0. The molecule has 3 rings (SSSR count). The van der Waals surface area contributed by atoms with Gasteiger partial charge in [0.15, 0.2) is 0 Å². The number of aliphatic hydroxyl groups is 1. The molecule has 5 heteroatoms. The molecule has 1 aromatic rings. The molecule has 2 saturated heterocycles. The van der Waals surface area contributed by atoms with Gasteiger partial charge in [-0.05, 0) is 56.0 Å². The number of rotatable bonds is 4. The van der Waals surface area contributed by atoms with Gasteiger partial charge in [0.05, 0.1) is 12.6 Å². The fourth-order valence-corrected chi connectivity index (χ4v) is 3.75. The molecule has 1 amide bonds. The Balaban J connectivity index is 1.50. The summed E-state index contributed by atoms with van der Waals surface area (Å²) in [6, 6.07) is 8.19. The van der Waals surface area contributed by atoms with Crippen LogP contribution in [0.15, 0.2) is 24.3 Å². The normalized spacial score (nSPS) is 25.4. The second-order valence-electron chi connectivity index (χ2n) is 7.56. The number of hydrogen-bond acceptors (Lipinski definition) is 4. The summed E-state index contributed by atoms with van der Waals surface area (Å²) in [7, 11) is 0. The minimum Gasteiger partial charge on any atom is -0.392 e. The van der Waals surface area contributed by atoms with Gasteiger partial charge >= 0.3 is 0 Å². The molecule has 0 aromatic heterocycles. The molecule has 2 aliphatic heterocycles. The fraction of sp³-hybridized carbons (Fsp3) is 0.650. The van der Waals surface area contributed by atoms with Gasteiger partial charge in [-0.3, -0.25) is 9.69 Å². The maximum Gasteiger partial charge on any atom is 0.238 e. The number of carbonyl (C=O) groups is 1. The fourth-order valence-electron chi connectivity index (χ4n) is 3.75. The van der Waals surface area contributed by atoms with Gasteiger partial charge in [-0.15, -0.1) is 0 Å². The summed E-state index contributed by atoms with van der Waals surface area (Å²) in [4.78, 5) is 16.7. The van der Waals surface area contributed by atoms with E-state index in [1.807, 2.05) is 17.0 Å². The van der Waals surface area contributed by atoms with Crippen molar-refractivity contribution in [3.8, 4) is 0 Å². The van der Waals surface area contributed by atoms with Crippen molar-refractivity contribution in [2.24, 2.45) is 5.92 Å². The minimum absolute atomic E-state index is 0.00993. The molecule has 2 heterocycles. The molecule has 2 N–H and O–H groups in total. The standard InChI is InChI=1S/C20H31N3O2/c1-16-10-13-22(14-19(16)24)15-20(25)21-17-6-8-18(9-7-17)23-11-4-2-3-5-12-23/h6-9,16,19,24H,2-5,10-15H2,1H3,(H,21,25). The Morgan fingerprint density at radius 1 is 1.12 bits per heavy atom. The molecule has 2 unspecified atom stereocenters. The number of carbonyl (C=O) groups excluding carboxylic acids is 1. The van der Waals surface area contributed by atoms with Crippen molar-refractivity contribution in [2.45, 2.75) is 45.1 Å². The predicted octanol–water partition coefficient (Wildman–Crippen LogP) is 2.71. The Morgan fingerprint density at radius 2 is 1.80 bits per heavy atom. The second kappa shape index (κ2) is 8.68. The monoisotopic (exact) mass is 345 g/mol. The number of amides is 1. The first kappa shape index (κ1) is 18.2. The van der Waals surface area contributed by atoms with Crippen LogP contribution >= 0.6 is 0 Å². The highest BCUT2D eigenvalue weighted by molar-refractivity contribution is 5.92. The van der Waals surface area contributed by atoms with E-state index in [2.05, 4.69) is 29.3 Å². The van der Waals surface area contributed by atoms with Crippen LogP contribution in [-0.2, 0) is 4.79 Å². The predicted molar refractivity (Wildman–Crippen MR) is 102 cm³/mol. The maximum absolute atomic E-state index is 12.3. The lowest BCUT2D eigenvalue weighted by Gasteiger charge is -2.33. The van der Waals surface area contributed by atoms with E-state index in [4.69, 9.17) is 0 Å². The number of anilines is 2. The van der Waals surface area contributed by atoms with Gasteiger partial charge in [0.25, 0.3) is 0 Å². The number of piperidine rings is 1. The zero-order chi connectivity index (χ0) is 17.6. The highest BCUT2D eigenvalue weighted by atomic mass is 16.3. The van der Waals surface area contributed by atoms with E-state index < -0.39 is 0 Å². The van der Waals surface area contributed by atoms with Gasteiger partial charge in [-0.25, -0.2) is 0 Å². The van der Waals surface area contributed by atoms with E-state index in [1.54, 1.807) is 0 Å². The van der Waals surface area contributed by atoms with Crippen molar-refractivity contribution in [3.63, 3.8) is 0 Å². The van der Waals surface area contributed by atoms with Crippen molar-refractivity contribution < 1.29 is 9.90 Å². The molecule has 0 saturated carbocycles. The lowest BCUT2D eigenvalue weighted by Crippen LogP contribution is -2.45. The van der Waals surface area contributed by atoms with E-state index in [0.29, 0.717) is 19.0 Å². The van der Waals surface area contributed by atoms with E-state index in [1.165, 1.54) is 31.4 Å². The molecule has 138 valence electrons. The first-order valence-electron chi connectivity index (χ1n) is 9.67. The van der Waals surface area contributed by atoms with E-state index in [9.17, 15) is 9.90 Å². The first-order chi connectivity index (χ1) is 12.1. The topological polar surface area (TPSA) is 55.8 Å². The van der Waals surface area contributed by atoms with Crippen LogP contribution in [0.25, 0.3) is 0 Å². The van der Waals surface area contributed by atoms with E-state index in [-0.39, 0.29) is 12.0 Å². The van der Waals surface area contributed by atoms with Crippen molar-refractivity contribution in [2.75, 3.05) is 42.9 Å². The molecule has 0 radical (unpaired) electrons. The molecule has 5 nitrogen and oxygen atoms in total. The van der Waals surface area contributed by atoms with Crippen LogP contribution in [0.1, 0.15) is 39.0 Å². The summed E-state index contributed by atoms with van der Waals surface area (Å²) in [5.41, 5.74) is 2.09. The van der Waals surface area contributed by atoms with Crippen molar-refractivity contribution >= 4 is 17.3 Å². The van der Waals surface area contributed by atoms with Crippen LogP contribution in [0.3, 0.4) is 0 Å². The van der Waals surface area contributed by atoms with Crippen LogP contribution < -0.4 is 10.2 Å². The Morgan fingerprint density at radius 3 is 2.44 bits per heavy atom. The van der Waals surface area contributed by atoms with Gasteiger partial charge in [-0.1, -0.05) is 19.8 Å². The molecule has 1 aromatic carbocycles. The molecule has 2 aliphatic rings. The lowest BCUT2D eigenvalue weighted by molar-refractivity contribution is -0.118. The van der Waals surface area contributed by atoms with Gasteiger partial charge in [0, 0.05) is 31.0 Å².